The zero-order valence-corrected chi connectivity index (χ0v) is 9.32. The highest BCUT2D eigenvalue weighted by Gasteiger charge is 1.73. The van der Waals surface area contributed by atoms with Gasteiger partial charge in [-0.25, -0.2) is 9.78 Å². The van der Waals surface area contributed by atoms with Crippen molar-refractivity contribution in [3.05, 3.63) is 50.6 Å². The summed E-state index contributed by atoms with van der Waals surface area (Å²) < 4.78 is 1.78. The molecule has 0 saturated heterocycles. The number of nitrogens with two attached hydrogens (primary N) is 1. The van der Waals surface area contributed by atoms with Crippen molar-refractivity contribution in [2.24, 2.45) is 5.73 Å². The molecule has 0 unspecified atom stereocenters. The summed E-state index contributed by atoms with van der Waals surface area (Å²) in [5.74, 6) is -1.46. The van der Waals surface area contributed by atoms with Crippen molar-refractivity contribution in [2.45, 2.75) is 0 Å². The lowest BCUT2D eigenvalue weighted by molar-refractivity contribution is -0.131. The molecule has 0 aromatic carbocycles. The molecule has 6 heteroatoms. The molecule has 1 aromatic heterocycles. The van der Waals surface area contributed by atoms with Crippen LogP contribution in [0.15, 0.2) is 50.6 Å². The Kier molecular flexibility index (Phi) is 11.3. The van der Waals surface area contributed by atoms with E-state index in [1.54, 1.807) is 23.3 Å². The van der Waals surface area contributed by atoms with Gasteiger partial charge in [0.05, 0.1) is 6.33 Å². The van der Waals surface area contributed by atoms with E-state index in [-0.39, 0.29) is 0 Å². The van der Waals surface area contributed by atoms with Gasteiger partial charge in [-0.15, -0.1) is 0 Å². The van der Waals surface area contributed by atoms with E-state index < -0.39 is 11.9 Å². The minimum absolute atomic E-state index is 0.481. The standard InChI is InChI=1S/C5H6N2.C3H5NO.C3H4O2/c1-2-7-4-3-6-5-7;2*1-2-3(4)5/h2-5H,1H2;2H,1H2,(H2,4,5);2H,1H2,(H,4,5). The molecule has 0 aliphatic heterocycles. The van der Waals surface area contributed by atoms with Crippen LogP contribution in [0.3, 0.4) is 0 Å². The van der Waals surface area contributed by atoms with Crippen molar-refractivity contribution in [3.8, 4) is 0 Å². The van der Waals surface area contributed by atoms with Crippen LogP contribution in [-0.2, 0) is 9.59 Å². The molecule has 0 bridgehead atoms. The Bertz CT molecular complexity index is 351. The Morgan fingerprint density at radius 1 is 1.29 bits per heavy atom. The van der Waals surface area contributed by atoms with Crippen molar-refractivity contribution in [1.29, 1.82) is 0 Å². The molecule has 92 valence electrons. The van der Waals surface area contributed by atoms with Crippen LogP contribution >= 0.6 is 0 Å². The van der Waals surface area contributed by atoms with Gasteiger partial charge in [0.25, 0.3) is 0 Å². The van der Waals surface area contributed by atoms with Gasteiger partial charge < -0.3 is 15.4 Å². The number of aliphatic carboxylic acids is 1. The van der Waals surface area contributed by atoms with Crippen molar-refractivity contribution < 1.29 is 14.7 Å². The molecule has 0 atom stereocenters. The fourth-order valence-electron chi connectivity index (χ4n) is 0.377. The smallest absolute Gasteiger partial charge is 0.327 e. The fraction of sp³-hybridized carbons (Fsp3) is 0. The second-order valence-electron chi connectivity index (χ2n) is 2.34. The molecule has 1 rings (SSSR count). The first-order valence-corrected chi connectivity index (χ1v) is 4.35. The van der Waals surface area contributed by atoms with E-state index in [1.807, 2.05) is 6.20 Å². The quantitative estimate of drug-likeness (QED) is 0.763. The largest absolute Gasteiger partial charge is 0.478 e. The number of nitrogens with zero attached hydrogens (tertiary/aromatic N) is 2. The lowest BCUT2D eigenvalue weighted by Crippen LogP contribution is -2.04. The van der Waals surface area contributed by atoms with Crippen LogP contribution in [0, 0.1) is 0 Å². The van der Waals surface area contributed by atoms with Crippen LogP contribution in [0.1, 0.15) is 0 Å². The van der Waals surface area contributed by atoms with Crippen LogP contribution < -0.4 is 5.73 Å². The van der Waals surface area contributed by atoms with Crippen LogP contribution in [0.25, 0.3) is 6.20 Å². The molecule has 0 fully saturated rings. The molecule has 0 saturated carbocycles. The Morgan fingerprint density at radius 2 is 1.76 bits per heavy atom. The van der Waals surface area contributed by atoms with E-state index >= 15 is 0 Å². The minimum Gasteiger partial charge on any atom is -0.478 e. The third-order valence-corrected chi connectivity index (χ3v) is 1.11. The van der Waals surface area contributed by atoms with Gasteiger partial charge in [-0.3, -0.25) is 4.79 Å². The topological polar surface area (TPSA) is 98.2 Å². The molecule has 3 N–H and O–H groups in total. The zero-order chi connectivity index (χ0) is 13.7. The summed E-state index contributed by atoms with van der Waals surface area (Å²) in [6, 6.07) is 0. The van der Waals surface area contributed by atoms with Gasteiger partial charge in [-0.2, -0.15) is 0 Å². The predicted octanol–water partition coefficient (Wildman–Crippen LogP) is 0.898. The highest BCUT2D eigenvalue weighted by Crippen LogP contribution is 1.81. The van der Waals surface area contributed by atoms with Crippen molar-refractivity contribution in [2.75, 3.05) is 0 Å². The van der Waals surface area contributed by atoms with E-state index in [1.165, 1.54) is 0 Å². The van der Waals surface area contributed by atoms with Crippen LogP contribution in [0.5, 0.6) is 0 Å². The van der Waals surface area contributed by atoms with Gasteiger partial charge >= 0.3 is 5.97 Å². The number of carbonyl (C=O) groups is 2. The van der Waals surface area contributed by atoms with E-state index in [9.17, 15) is 9.59 Å². The van der Waals surface area contributed by atoms with Crippen molar-refractivity contribution in [3.63, 3.8) is 0 Å². The molecule has 0 radical (unpaired) electrons. The van der Waals surface area contributed by atoms with E-state index in [2.05, 4.69) is 30.5 Å². The first-order chi connectivity index (χ1) is 7.97. The lowest BCUT2D eigenvalue weighted by Gasteiger charge is -1.80. The normalized spacial score (nSPS) is 7.29. The van der Waals surface area contributed by atoms with Crippen LogP contribution in [-0.4, -0.2) is 26.5 Å². The number of carboxylic acid groups (broad SMARTS) is 1. The van der Waals surface area contributed by atoms with Gasteiger partial charge in [-0.1, -0.05) is 19.7 Å². The lowest BCUT2D eigenvalue weighted by atomic mass is 10.6. The monoisotopic (exact) mass is 237 g/mol. The Balaban J connectivity index is 0. The summed E-state index contributed by atoms with van der Waals surface area (Å²) >= 11 is 0. The number of hydrogen-bond donors (Lipinski definition) is 2. The number of aromatic nitrogens is 2. The minimum atomic E-state index is -0.981. The average Bonchev–Trinajstić information content (AvgIpc) is 2.83. The highest BCUT2D eigenvalue weighted by molar-refractivity contribution is 5.84. The number of amides is 1. The molecule has 0 spiro atoms. The Hall–Kier alpha value is -2.63. The van der Waals surface area contributed by atoms with Gasteiger partial charge in [-0.05, 0) is 6.08 Å². The van der Waals surface area contributed by atoms with Crippen molar-refractivity contribution in [1.82, 2.24) is 9.55 Å². The maximum absolute atomic E-state index is 9.47. The summed E-state index contributed by atoms with van der Waals surface area (Å²) in [6.45, 7) is 9.57. The maximum atomic E-state index is 9.47. The highest BCUT2D eigenvalue weighted by atomic mass is 16.4. The number of imidazole rings is 1. The molecule has 1 heterocycles. The number of primary amides is 1. The van der Waals surface area contributed by atoms with E-state index in [0.29, 0.717) is 0 Å². The van der Waals surface area contributed by atoms with Gasteiger partial charge in [0.1, 0.15) is 0 Å². The van der Waals surface area contributed by atoms with E-state index in [4.69, 9.17) is 5.11 Å². The van der Waals surface area contributed by atoms with Crippen molar-refractivity contribution >= 4 is 18.1 Å². The molecule has 17 heavy (non-hydrogen) atoms. The first kappa shape index (κ1) is 16.8. The van der Waals surface area contributed by atoms with Crippen LogP contribution in [0.2, 0.25) is 0 Å². The summed E-state index contributed by atoms with van der Waals surface area (Å²) in [6.07, 6.45) is 8.80. The SMILES string of the molecule is C=CC(=O)O.C=CC(N)=O.C=Cn1ccnc1. The Morgan fingerprint density at radius 3 is 1.88 bits per heavy atom. The molecule has 0 aliphatic carbocycles. The fourth-order valence-corrected chi connectivity index (χ4v) is 0.377. The van der Waals surface area contributed by atoms with Gasteiger partial charge in [0, 0.05) is 24.7 Å². The number of carboxylic acids is 1. The molecule has 6 nitrogen and oxygen atoms in total. The second-order valence-corrected chi connectivity index (χ2v) is 2.34. The van der Waals surface area contributed by atoms with Gasteiger partial charge in [0.15, 0.2) is 0 Å². The molecule has 1 amide bonds. The first-order valence-electron chi connectivity index (χ1n) is 4.35. The predicted molar refractivity (Wildman–Crippen MR) is 65.8 cm³/mol. The van der Waals surface area contributed by atoms with Gasteiger partial charge in [0.2, 0.25) is 5.91 Å². The average molecular weight is 237 g/mol. The molecular weight excluding hydrogens is 222 g/mol. The zero-order valence-electron chi connectivity index (χ0n) is 9.32. The second kappa shape index (κ2) is 11.4. The van der Waals surface area contributed by atoms with E-state index in [0.717, 1.165) is 12.2 Å². The molecule has 1 aromatic rings. The molecular formula is C11H15N3O3. The number of hydrogen-bond acceptors (Lipinski definition) is 3. The van der Waals surface area contributed by atoms with Crippen LogP contribution in [0.4, 0.5) is 0 Å². The third kappa shape index (κ3) is 16.1. The molecule has 0 aliphatic rings. The number of carbonyl (C=O) groups excluding carboxylic acids is 1. The summed E-state index contributed by atoms with van der Waals surface area (Å²) in [4.78, 5) is 22.5. The summed E-state index contributed by atoms with van der Waals surface area (Å²) in [7, 11) is 0. The maximum Gasteiger partial charge on any atom is 0.327 e. The summed E-state index contributed by atoms with van der Waals surface area (Å²) in [5, 5.41) is 7.60. The Labute approximate surface area is 99.4 Å². The number of rotatable bonds is 3. The summed E-state index contributed by atoms with van der Waals surface area (Å²) in [5.41, 5.74) is 4.53. The third-order valence-electron chi connectivity index (χ3n) is 1.11.